The predicted octanol–water partition coefficient (Wildman–Crippen LogP) is 3.07. The number of ether oxygens (including phenoxy) is 3. The molecule has 0 aliphatic carbocycles. The number of hydrogen-bond donors (Lipinski definition) is 3. The molecule has 2 amide bonds. The van der Waals surface area contributed by atoms with Crippen LogP contribution in [0.15, 0.2) is 60.1 Å². The number of nitrogens with zero attached hydrogens (tertiary/aromatic N) is 2. The van der Waals surface area contributed by atoms with Crippen molar-refractivity contribution in [2.75, 3.05) is 14.2 Å². The Morgan fingerprint density at radius 3 is 2.59 bits per heavy atom. The fourth-order valence-corrected chi connectivity index (χ4v) is 3.15. The molecule has 1 atom stereocenters. The fraction of sp³-hybridized carbons (Fsp3) is 0.217. The number of carbonyl (C=O) groups is 2. The summed E-state index contributed by atoms with van der Waals surface area (Å²) in [6.45, 7) is 0.0705. The second-order valence-corrected chi connectivity index (χ2v) is 7.41. The molecule has 1 aromatic heterocycles. The Balaban J connectivity index is 1.65. The molecule has 0 bridgehead atoms. The van der Waals surface area contributed by atoms with Crippen LogP contribution in [0.5, 0.6) is 11.5 Å². The van der Waals surface area contributed by atoms with Crippen molar-refractivity contribution in [1.82, 2.24) is 20.7 Å². The topological polar surface area (TPSA) is 127 Å². The van der Waals surface area contributed by atoms with Crippen LogP contribution in [0.4, 0.5) is 4.79 Å². The maximum Gasteiger partial charge on any atom is 0.408 e. The molecule has 0 unspecified atom stereocenters. The lowest BCUT2D eigenvalue weighted by atomic mass is 10.1. The molecule has 0 aliphatic rings. The maximum atomic E-state index is 12.8. The molecule has 0 fully saturated rings. The Morgan fingerprint density at radius 1 is 1.18 bits per heavy atom. The van der Waals surface area contributed by atoms with Crippen LogP contribution in [0.1, 0.15) is 16.8 Å². The summed E-state index contributed by atoms with van der Waals surface area (Å²) in [4.78, 5) is 31.9. The van der Waals surface area contributed by atoms with E-state index in [9.17, 15) is 9.59 Å². The number of alkyl carbamates (subject to hydrolysis) is 1. The number of aromatic nitrogens is 2. The summed E-state index contributed by atoms with van der Waals surface area (Å²) in [6.07, 6.45) is 3.82. The van der Waals surface area contributed by atoms with Crippen molar-refractivity contribution in [2.45, 2.75) is 19.1 Å². The molecule has 0 radical (unpaired) electrons. The van der Waals surface area contributed by atoms with E-state index >= 15 is 0 Å². The van der Waals surface area contributed by atoms with Gasteiger partial charge in [-0.3, -0.25) is 4.79 Å². The third-order valence-corrected chi connectivity index (χ3v) is 5.01. The molecule has 0 saturated carbocycles. The molecular formula is C23H24ClN5O5. The molecule has 10 nitrogen and oxygen atoms in total. The summed E-state index contributed by atoms with van der Waals surface area (Å²) >= 11 is 6.24. The van der Waals surface area contributed by atoms with Gasteiger partial charge in [0.15, 0.2) is 11.5 Å². The Labute approximate surface area is 201 Å². The fourth-order valence-electron chi connectivity index (χ4n) is 2.94. The second-order valence-electron chi connectivity index (χ2n) is 7.00. The van der Waals surface area contributed by atoms with Gasteiger partial charge in [-0.2, -0.15) is 5.10 Å². The lowest BCUT2D eigenvalue weighted by Crippen LogP contribution is -2.47. The first-order valence-corrected chi connectivity index (χ1v) is 10.6. The van der Waals surface area contributed by atoms with Gasteiger partial charge in [0, 0.05) is 29.9 Å². The molecule has 34 heavy (non-hydrogen) atoms. The van der Waals surface area contributed by atoms with Crippen molar-refractivity contribution in [2.24, 2.45) is 5.10 Å². The number of halogens is 1. The Bertz CT molecular complexity index is 1120. The molecule has 3 N–H and O–H groups in total. The van der Waals surface area contributed by atoms with Gasteiger partial charge in [-0.1, -0.05) is 41.9 Å². The van der Waals surface area contributed by atoms with Gasteiger partial charge in [0.25, 0.3) is 5.91 Å². The zero-order valence-corrected chi connectivity index (χ0v) is 19.3. The number of nitrogens with one attached hydrogen (secondary N) is 3. The third kappa shape index (κ3) is 6.97. The molecule has 178 valence electrons. The highest BCUT2D eigenvalue weighted by atomic mass is 35.5. The highest BCUT2D eigenvalue weighted by molar-refractivity contribution is 6.33. The largest absolute Gasteiger partial charge is 0.493 e. The van der Waals surface area contributed by atoms with Crippen molar-refractivity contribution < 1.29 is 23.8 Å². The minimum atomic E-state index is -0.971. The number of hydrogen-bond acceptors (Lipinski definition) is 7. The van der Waals surface area contributed by atoms with Crippen molar-refractivity contribution in [3.05, 3.63) is 76.8 Å². The quantitative estimate of drug-likeness (QED) is 0.299. The number of carbonyl (C=O) groups excluding carboxylic acids is 2. The lowest BCUT2D eigenvalue weighted by molar-refractivity contribution is -0.123. The van der Waals surface area contributed by atoms with Crippen molar-refractivity contribution >= 4 is 29.8 Å². The minimum absolute atomic E-state index is 0.0705. The summed E-state index contributed by atoms with van der Waals surface area (Å²) in [5, 5.41) is 6.88. The van der Waals surface area contributed by atoms with E-state index in [2.05, 4.69) is 25.8 Å². The first-order valence-electron chi connectivity index (χ1n) is 10.2. The molecule has 0 aliphatic heterocycles. The van der Waals surface area contributed by atoms with E-state index in [0.29, 0.717) is 27.8 Å². The standard InChI is InChI=1S/C23H24ClN5O5/c1-32-20-8-16(18(24)10-21(20)33-2)11-27-29-22(30)19(9-17-12-25-14-26-17)28-23(31)34-13-15-6-4-3-5-7-15/h3-8,10-12,14,19H,9,13H2,1-2H3,(H,25,26)(H,28,31)(H,29,30)/b27-11-/t19-/m1/s1. The smallest absolute Gasteiger partial charge is 0.408 e. The number of imidazole rings is 1. The van der Waals surface area contributed by atoms with E-state index in [1.54, 1.807) is 18.3 Å². The molecule has 3 aromatic rings. The number of amides is 2. The molecule has 3 rings (SSSR count). The van der Waals surface area contributed by atoms with Crippen LogP contribution in [-0.2, 0) is 22.6 Å². The number of H-pyrrole nitrogens is 1. The van der Waals surface area contributed by atoms with Gasteiger partial charge in [0.05, 0.1) is 31.8 Å². The van der Waals surface area contributed by atoms with Gasteiger partial charge < -0.3 is 24.5 Å². The predicted molar refractivity (Wildman–Crippen MR) is 126 cm³/mol. The van der Waals surface area contributed by atoms with Gasteiger partial charge in [-0.25, -0.2) is 15.2 Å². The number of aromatic amines is 1. The van der Waals surface area contributed by atoms with Crippen LogP contribution in [-0.4, -0.2) is 48.4 Å². The number of benzene rings is 2. The van der Waals surface area contributed by atoms with E-state index in [1.807, 2.05) is 30.3 Å². The van der Waals surface area contributed by atoms with Gasteiger partial charge >= 0.3 is 6.09 Å². The van der Waals surface area contributed by atoms with Crippen LogP contribution < -0.4 is 20.2 Å². The molecular weight excluding hydrogens is 462 g/mol. The average molecular weight is 486 g/mol. The normalized spacial score (nSPS) is 11.6. The highest BCUT2D eigenvalue weighted by Crippen LogP contribution is 2.32. The van der Waals surface area contributed by atoms with E-state index in [1.165, 1.54) is 26.8 Å². The summed E-state index contributed by atoms with van der Waals surface area (Å²) in [5.74, 6) is 0.366. The van der Waals surface area contributed by atoms with Crippen molar-refractivity contribution in [1.29, 1.82) is 0 Å². The summed E-state index contributed by atoms with van der Waals surface area (Å²) in [7, 11) is 3.00. The van der Waals surface area contributed by atoms with Crippen molar-refractivity contribution in [3.63, 3.8) is 0 Å². The van der Waals surface area contributed by atoms with Gasteiger partial charge in [-0.05, 0) is 11.6 Å². The number of rotatable bonds is 10. The number of methoxy groups -OCH3 is 2. The summed E-state index contributed by atoms with van der Waals surface area (Å²) in [5.41, 5.74) is 4.38. The average Bonchev–Trinajstić information content (AvgIpc) is 3.36. The monoisotopic (exact) mass is 485 g/mol. The first kappa shape index (κ1) is 24.6. The molecule has 0 spiro atoms. The lowest BCUT2D eigenvalue weighted by Gasteiger charge is -2.16. The van der Waals surface area contributed by atoms with Crippen LogP contribution in [0, 0.1) is 0 Å². The maximum absolute atomic E-state index is 12.8. The third-order valence-electron chi connectivity index (χ3n) is 4.68. The molecule has 11 heteroatoms. The van der Waals surface area contributed by atoms with Gasteiger partial charge in [-0.15, -0.1) is 0 Å². The van der Waals surface area contributed by atoms with E-state index in [-0.39, 0.29) is 13.0 Å². The van der Waals surface area contributed by atoms with E-state index in [4.69, 9.17) is 25.8 Å². The zero-order chi connectivity index (χ0) is 24.3. The Morgan fingerprint density at radius 2 is 1.91 bits per heavy atom. The number of hydrazone groups is 1. The first-order chi connectivity index (χ1) is 16.5. The Hall–Kier alpha value is -4.05. The van der Waals surface area contributed by atoms with Gasteiger partial charge in [0.1, 0.15) is 12.6 Å². The SMILES string of the molecule is COc1cc(Cl)c(/C=N\NC(=O)[C@@H](Cc2cnc[nH]2)NC(=O)OCc2ccccc2)cc1OC. The van der Waals surface area contributed by atoms with Crippen LogP contribution in [0.25, 0.3) is 0 Å². The Kier molecular flexibility index (Phi) is 8.87. The van der Waals surface area contributed by atoms with Gasteiger partial charge in [0.2, 0.25) is 0 Å². The molecule has 0 saturated heterocycles. The summed E-state index contributed by atoms with van der Waals surface area (Å²) in [6, 6.07) is 11.4. The van der Waals surface area contributed by atoms with Crippen LogP contribution in [0.2, 0.25) is 5.02 Å². The van der Waals surface area contributed by atoms with E-state index in [0.717, 1.165) is 5.56 Å². The molecule has 2 aromatic carbocycles. The van der Waals surface area contributed by atoms with E-state index < -0.39 is 18.0 Å². The minimum Gasteiger partial charge on any atom is -0.493 e. The summed E-state index contributed by atoms with van der Waals surface area (Å²) < 4.78 is 15.7. The zero-order valence-electron chi connectivity index (χ0n) is 18.6. The highest BCUT2D eigenvalue weighted by Gasteiger charge is 2.22. The molecule has 1 heterocycles. The van der Waals surface area contributed by atoms with Crippen molar-refractivity contribution in [3.8, 4) is 11.5 Å². The van der Waals surface area contributed by atoms with Crippen LogP contribution >= 0.6 is 11.6 Å². The van der Waals surface area contributed by atoms with Crippen LogP contribution in [0.3, 0.4) is 0 Å². The second kappa shape index (κ2) is 12.3.